The molecule has 0 aliphatic carbocycles. The highest BCUT2D eigenvalue weighted by Crippen LogP contribution is 2.34. The topological polar surface area (TPSA) is 103 Å². The van der Waals surface area contributed by atoms with Crippen LogP contribution in [0.15, 0.2) is 36.5 Å². The summed E-state index contributed by atoms with van der Waals surface area (Å²) in [6.45, 7) is 5.52. The quantitative estimate of drug-likeness (QED) is 0.475. The summed E-state index contributed by atoms with van der Waals surface area (Å²) >= 11 is 0. The lowest BCUT2D eigenvalue weighted by molar-refractivity contribution is 0.0926. The van der Waals surface area contributed by atoms with Crippen LogP contribution in [-0.4, -0.2) is 43.7 Å². The van der Waals surface area contributed by atoms with Gasteiger partial charge in [-0.05, 0) is 51.1 Å². The Balaban J connectivity index is 1.68. The molecule has 0 fully saturated rings. The zero-order valence-corrected chi connectivity index (χ0v) is 17.4. The number of fused-ring (bicyclic) bond motifs is 3. The number of ether oxygens (including phenoxy) is 1. The molecule has 154 valence electrons. The lowest BCUT2D eigenvalue weighted by atomic mass is 10.1. The zero-order valence-electron chi connectivity index (χ0n) is 17.4. The van der Waals surface area contributed by atoms with E-state index in [0.29, 0.717) is 39.7 Å². The van der Waals surface area contributed by atoms with Gasteiger partial charge in [0.15, 0.2) is 5.65 Å². The number of benzene rings is 1. The molecule has 0 unspecified atom stereocenters. The number of methoxy groups -OCH3 is 1. The first kappa shape index (κ1) is 18.9. The Labute approximate surface area is 177 Å². The van der Waals surface area contributed by atoms with Crippen molar-refractivity contribution in [3.8, 4) is 11.7 Å². The second-order valence-electron chi connectivity index (χ2n) is 7.34. The predicted octanol–water partition coefficient (Wildman–Crippen LogP) is 2.94. The van der Waals surface area contributed by atoms with Gasteiger partial charge < -0.3 is 4.74 Å². The molecule has 2 amide bonds. The van der Waals surface area contributed by atoms with E-state index in [2.05, 4.69) is 20.1 Å². The molecule has 9 heteroatoms. The summed E-state index contributed by atoms with van der Waals surface area (Å²) in [5, 5.41) is 5.05. The van der Waals surface area contributed by atoms with E-state index in [1.807, 2.05) is 19.9 Å². The van der Waals surface area contributed by atoms with Crippen LogP contribution >= 0.6 is 0 Å². The number of hydrogen-bond acceptors (Lipinski definition) is 7. The fourth-order valence-electron chi connectivity index (χ4n) is 3.87. The molecule has 0 atom stereocenters. The second kappa shape index (κ2) is 6.69. The minimum atomic E-state index is -0.422. The number of amides is 2. The Morgan fingerprint density at radius 3 is 2.26 bits per heavy atom. The number of hydrogen-bond donors (Lipinski definition) is 0. The van der Waals surface area contributed by atoms with E-state index < -0.39 is 11.8 Å². The summed E-state index contributed by atoms with van der Waals surface area (Å²) in [6, 6.07) is 8.61. The third-order valence-electron chi connectivity index (χ3n) is 5.21. The van der Waals surface area contributed by atoms with Crippen molar-refractivity contribution in [2.24, 2.45) is 0 Å². The molecule has 9 nitrogen and oxygen atoms in total. The van der Waals surface area contributed by atoms with Crippen molar-refractivity contribution in [2.45, 2.75) is 20.8 Å². The monoisotopic (exact) mass is 414 g/mol. The highest BCUT2D eigenvalue weighted by molar-refractivity contribution is 6.37. The number of rotatable bonds is 3. The maximum atomic E-state index is 13.4. The molecule has 0 radical (unpaired) electrons. The van der Waals surface area contributed by atoms with Crippen molar-refractivity contribution in [3.63, 3.8) is 0 Å². The minimum absolute atomic E-state index is 0.248. The molecular formula is C22H18N6O3. The number of carbonyl (C=O) groups is 2. The summed E-state index contributed by atoms with van der Waals surface area (Å²) in [5.41, 5.74) is 3.58. The van der Waals surface area contributed by atoms with E-state index in [1.54, 1.807) is 38.3 Å². The fourth-order valence-corrected chi connectivity index (χ4v) is 3.87. The normalized spacial score (nSPS) is 13.2. The molecule has 4 aromatic rings. The van der Waals surface area contributed by atoms with Gasteiger partial charge in [0, 0.05) is 17.6 Å². The molecular weight excluding hydrogens is 396 g/mol. The van der Waals surface area contributed by atoms with Gasteiger partial charge in [-0.3, -0.25) is 9.59 Å². The molecule has 3 aromatic heterocycles. The molecule has 0 saturated carbocycles. The van der Waals surface area contributed by atoms with Gasteiger partial charge >= 0.3 is 0 Å². The molecule has 5 rings (SSSR count). The lowest BCUT2D eigenvalue weighted by Crippen LogP contribution is -2.29. The molecule has 0 bridgehead atoms. The Morgan fingerprint density at radius 1 is 0.935 bits per heavy atom. The number of anilines is 1. The highest BCUT2D eigenvalue weighted by atomic mass is 16.5. The summed E-state index contributed by atoms with van der Waals surface area (Å²) < 4.78 is 6.67. The smallest absolute Gasteiger partial charge is 0.267 e. The van der Waals surface area contributed by atoms with Gasteiger partial charge in [0.1, 0.15) is 5.75 Å². The van der Waals surface area contributed by atoms with Crippen molar-refractivity contribution in [1.82, 2.24) is 24.7 Å². The molecule has 0 N–H and O–H groups in total. The summed E-state index contributed by atoms with van der Waals surface area (Å²) in [7, 11) is 1.55. The largest absolute Gasteiger partial charge is 0.497 e. The Bertz CT molecular complexity index is 1370. The third-order valence-corrected chi connectivity index (χ3v) is 5.21. The maximum Gasteiger partial charge on any atom is 0.267 e. The average Bonchev–Trinajstić information content (AvgIpc) is 3.21. The zero-order chi connectivity index (χ0) is 21.9. The van der Waals surface area contributed by atoms with Crippen LogP contribution in [0.1, 0.15) is 37.8 Å². The standard InChI is InChI=1S/C22H18N6O3/c1-11-9-12(2)25-22(24-11)28-19-17(13(3)26-28)18-16(10-23-19)20(29)27(21(18)30)14-5-7-15(31-4)8-6-14/h5-10H,1-4H3. The number of aryl methyl sites for hydroxylation is 3. The van der Waals surface area contributed by atoms with Crippen LogP contribution in [0.5, 0.6) is 5.75 Å². The van der Waals surface area contributed by atoms with Gasteiger partial charge in [-0.25, -0.2) is 19.9 Å². The van der Waals surface area contributed by atoms with Crippen LogP contribution in [0.2, 0.25) is 0 Å². The van der Waals surface area contributed by atoms with Gasteiger partial charge in [-0.15, -0.1) is 0 Å². The van der Waals surface area contributed by atoms with Crippen LogP contribution in [0.4, 0.5) is 5.69 Å². The SMILES string of the molecule is COc1ccc(N2C(=O)c3cnc4c(c(C)nn4-c4nc(C)cc(C)n4)c3C2=O)cc1. The van der Waals surface area contributed by atoms with Crippen molar-refractivity contribution in [1.29, 1.82) is 0 Å². The second-order valence-corrected chi connectivity index (χ2v) is 7.34. The van der Waals surface area contributed by atoms with Gasteiger partial charge in [0.25, 0.3) is 17.8 Å². The first-order chi connectivity index (χ1) is 14.9. The molecule has 31 heavy (non-hydrogen) atoms. The van der Waals surface area contributed by atoms with Crippen molar-refractivity contribution in [3.05, 3.63) is 64.7 Å². The first-order valence-corrected chi connectivity index (χ1v) is 9.63. The van der Waals surface area contributed by atoms with E-state index in [0.717, 1.165) is 16.3 Å². The predicted molar refractivity (Wildman–Crippen MR) is 113 cm³/mol. The van der Waals surface area contributed by atoms with Gasteiger partial charge in [-0.1, -0.05) is 0 Å². The molecule has 0 spiro atoms. The van der Waals surface area contributed by atoms with Gasteiger partial charge in [0.05, 0.1) is 35.0 Å². The van der Waals surface area contributed by atoms with Crippen molar-refractivity contribution < 1.29 is 14.3 Å². The van der Waals surface area contributed by atoms with Crippen LogP contribution in [0, 0.1) is 20.8 Å². The first-order valence-electron chi connectivity index (χ1n) is 9.63. The Hall–Kier alpha value is -4.14. The van der Waals surface area contributed by atoms with E-state index in [-0.39, 0.29) is 5.56 Å². The Kier molecular flexibility index (Phi) is 4.07. The van der Waals surface area contributed by atoms with Crippen LogP contribution in [0.25, 0.3) is 17.0 Å². The van der Waals surface area contributed by atoms with Crippen LogP contribution in [0.3, 0.4) is 0 Å². The third kappa shape index (κ3) is 2.77. The molecule has 1 aliphatic heterocycles. The van der Waals surface area contributed by atoms with E-state index in [1.165, 1.54) is 10.9 Å². The summed E-state index contributed by atoms with van der Waals surface area (Å²) in [6.07, 6.45) is 1.42. The molecule has 1 aliphatic rings. The number of nitrogens with zero attached hydrogens (tertiary/aromatic N) is 6. The van der Waals surface area contributed by atoms with E-state index in [4.69, 9.17) is 4.74 Å². The molecule has 1 aromatic carbocycles. The minimum Gasteiger partial charge on any atom is -0.497 e. The van der Waals surface area contributed by atoms with Crippen LogP contribution in [-0.2, 0) is 0 Å². The van der Waals surface area contributed by atoms with Crippen molar-refractivity contribution in [2.75, 3.05) is 12.0 Å². The van der Waals surface area contributed by atoms with Gasteiger partial charge in [0.2, 0.25) is 0 Å². The fraction of sp³-hybridized carbons (Fsp3) is 0.182. The highest BCUT2D eigenvalue weighted by Gasteiger charge is 2.40. The van der Waals surface area contributed by atoms with E-state index >= 15 is 0 Å². The molecule has 0 saturated heterocycles. The maximum absolute atomic E-state index is 13.4. The summed E-state index contributed by atoms with van der Waals surface area (Å²) in [4.78, 5) is 40.9. The number of imide groups is 1. The Morgan fingerprint density at radius 2 is 1.61 bits per heavy atom. The number of aromatic nitrogens is 5. The van der Waals surface area contributed by atoms with Crippen LogP contribution < -0.4 is 9.64 Å². The van der Waals surface area contributed by atoms with E-state index in [9.17, 15) is 9.59 Å². The number of pyridine rings is 1. The average molecular weight is 414 g/mol. The van der Waals surface area contributed by atoms with Crippen molar-refractivity contribution >= 4 is 28.5 Å². The lowest BCUT2D eigenvalue weighted by Gasteiger charge is -2.14. The number of carbonyl (C=O) groups excluding carboxylic acids is 2. The molecule has 4 heterocycles. The summed E-state index contributed by atoms with van der Waals surface area (Å²) in [5.74, 6) is 0.165. The van der Waals surface area contributed by atoms with Gasteiger partial charge in [-0.2, -0.15) is 9.78 Å².